The maximum atomic E-state index is 12.9. The molecule has 0 aliphatic rings. The van der Waals surface area contributed by atoms with E-state index in [0.29, 0.717) is 17.6 Å². The summed E-state index contributed by atoms with van der Waals surface area (Å²) >= 11 is 0. The molecule has 0 saturated heterocycles. The van der Waals surface area contributed by atoms with Gasteiger partial charge in [-0.15, -0.1) is 0 Å². The molecule has 1 aromatic carbocycles. The molecule has 1 nitrogen and oxygen atoms in total. The fourth-order valence-electron chi connectivity index (χ4n) is 1.51. The van der Waals surface area contributed by atoms with E-state index in [9.17, 15) is 13.6 Å². The summed E-state index contributed by atoms with van der Waals surface area (Å²) < 4.78 is 25.5. The van der Waals surface area contributed by atoms with Gasteiger partial charge in [-0.3, -0.25) is 4.79 Å². The van der Waals surface area contributed by atoms with E-state index in [2.05, 4.69) is 0 Å². The first-order chi connectivity index (χ1) is 7.58. The first kappa shape index (κ1) is 12.6. The molecular weight excluding hydrogens is 210 g/mol. The van der Waals surface area contributed by atoms with Crippen molar-refractivity contribution in [3.8, 4) is 0 Å². The highest BCUT2D eigenvalue weighted by Crippen LogP contribution is 2.12. The predicted octanol–water partition coefficient (Wildman–Crippen LogP) is 3.43. The van der Waals surface area contributed by atoms with E-state index in [1.165, 1.54) is 6.07 Å². The van der Waals surface area contributed by atoms with Crippen molar-refractivity contribution in [1.29, 1.82) is 0 Å². The van der Waals surface area contributed by atoms with E-state index in [-0.39, 0.29) is 12.2 Å². The van der Waals surface area contributed by atoms with Crippen LogP contribution in [0.1, 0.15) is 25.8 Å². The molecule has 0 heterocycles. The van der Waals surface area contributed by atoms with Gasteiger partial charge in [-0.25, -0.2) is 8.78 Å². The molecule has 0 unspecified atom stereocenters. The monoisotopic (exact) mass is 224 g/mol. The van der Waals surface area contributed by atoms with Crippen molar-refractivity contribution in [3.05, 3.63) is 47.0 Å². The Labute approximate surface area is 93.8 Å². The van der Waals surface area contributed by atoms with Gasteiger partial charge >= 0.3 is 0 Å². The van der Waals surface area contributed by atoms with Gasteiger partial charge < -0.3 is 0 Å². The first-order valence-electron chi connectivity index (χ1n) is 5.20. The van der Waals surface area contributed by atoms with Crippen LogP contribution in [0.25, 0.3) is 0 Å². The molecule has 0 spiro atoms. The number of allylic oxidation sites excluding steroid dienone is 2. The van der Waals surface area contributed by atoms with Gasteiger partial charge in [-0.2, -0.15) is 0 Å². The maximum absolute atomic E-state index is 12.9. The molecule has 1 rings (SSSR count). The zero-order valence-corrected chi connectivity index (χ0v) is 9.39. The van der Waals surface area contributed by atoms with Crippen molar-refractivity contribution in [1.82, 2.24) is 0 Å². The molecule has 0 atom stereocenters. The van der Waals surface area contributed by atoms with Crippen LogP contribution < -0.4 is 0 Å². The summed E-state index contributed by atoms with van der Waals surface area (Å²) in [5.74, 6) is -1.85. The average molecular weight is 224 g/mol. The van der Waals surface area contributed by atoms with Crippen LogP contribution in [0.4, 0.5) is 8.78 Å². The molecular formula is C13H14F2O. The molecule has 0 bridgehead atoms. The van der Waals surface area contributed by atoms with Crippen LogP contribution >= 0.6 is 0 Å². The van der Waals surface area contributed by atoms with Crippen molar-refractivity contribution in [2.75, 3.05) is 0 Å². The van der Waals surface area contributed by atoms with Gasteiger partial charge in [0.1, 0.15) is 0 Å². The van der Waals surface area contributed by atoms with Gasteiger partial charge in [0.05, 0.1) is 0 Å². The van der Waals surface area contributed by atoms with E-state index in [0.717, 1.165) is 12.1 Å². The van der Waals surface area contributed by atoms with E-state index < -0.39 is 11.6 Å². The van der Waals surface area contributed by atoms with E-state index in [1.807, 2.05) is 6.92 Å². The predicted molar refractivity (Wildman–Crippen MR) is 59.1 cm³/mol. The Balaban J connectivity index is 2.81. The third-order valence-corrected chi connectivity index (χ3v) is 2.44. The Hall–Kier alpha value is -1.51. The fourth-order valence-corrected chi connectivity index (χ4v) is 1.51. The largest absolute Gasteiger partial charge is 0.294 e. The Morgan fingerprint density at radius 3 is 2.50 bits per heavy atom. The topological polar surface area (TPSA) is 17.1 Å². The fraction of sp³-hybridized carbons (Fsp3) is 0.308. The number of ketones is 1. The highest BCUT2D eigenvalue weighted by Gasteiger charge is 2.09. The molecule has 86 valence electrons. The second-order valence-electron chi connectivity index (χ2n) is 3.52. The van der Waals surface area contributed by atoms with Crippen molar-refractivity contribution in [3.63, 3.8) is 0 Å². The number of carbonyl (C=O) groups is 1. The molecule has 16 heavy (non-hydrogen) atoms. The summed E-state index contributed by atoms with van der Waals surface area (Å²) in [6.07, 6.45) is 2.52. The summed E-state index contributed by atoms with van der Waals surface area (Å²) in [6, 6.07) is 3.54. The summed E-state index contributed by atoms with van der Waals surface area (Å²) in [6.45, 7) is 3.68. The van der Waals surface area contributed by atoms with Crippen molar-refractivity contribution >= 4 is 5.78 Å². The van der Waals surface area contributed by atoms with E-state index in [4.69, 9.17) is 0 Å². The van der Waals surface area contributed by atoms with Gasteiger partial charge in [-0.1, -0.05) is 19.1 Å². The third kappa shape index (κ3) is 2.99. The number of benzene rings is 1. The van der Waals surface area contributed by atoms with Gasteiger partial charge in [0.2, 0.25) is 0 Å². The Morgan fingerprint density at radius 2 is 2.00 bits per heavy atom. The minimum Gasteiger partial charge on any atom is -0.294 e. The van der Waals surface area contributed by atoms with Gasteiger partial charge in [0.15, 0.2) is 17.4 Å². The van der Waals surface area contributed by atoms with Gasteiger partial charge in [-0.05, 0) is 36.6 Å². The first-order valence-corrected chi connectivity index (χ1v) is 5.20. The third-order valence-electron chi connectivity index (χ3n) is 2.44. The van der Waals surface area contributed by atoms with Crippen LogP contribution in [-0.2, 0) is 11.2 Å². The molecule has 0 aromatic heterocycles. The summed E-state index contributed by atoms with van der Waals surface area (Å²) in [5.41, 5.74) is 1.21. The zero-order chi connectivity index (χ0) is 12.1. The Kier molecular flexibility index (Phi) is 4.35. The highest BCUT2D eigenvalue weighted by atomic mass is 19.2. The van der Waals surface area contributed by atoms with E-state index >= 15 is 0 Å². The second kappa shape index (κ2) is 5.54. The lowest BCUT2D eigenvalue weighted by atomic mass is 10.0. The van der Waals surface area contributed by atoms with Crippen molar-refractivity contribution < 1.29 is 13.6 Å². The molecule has 0 N–H and O–H groups in total. The number of hydrogen-bond acceptors (Lipinski definition) is 1. The number of halogens is 2. The van der Waals surface area contributed by atoms with Crippen LogP contribution in [0.15, 0.2) is 29.8 Å². The molecule has 3 heteroatoms. The van der Waals surface area contributed by atoms with Crippen molar-refractivity contribution in [2.45, 2.75) is 26.7 Å². The van der Waals surface area contributed by atoms with Crippen LogP contribution in [0.3, 0.4) is 0 Å². The lowest BCUT2D eigenvalue weighted by Crippen LogP contribution is -2.06. The molecule has 0 aliphatic heterocycles. The standard InChI is InChI=1S/C13H14F2O/c1-3-10(4-2)13(16)8-9-5-6-11(14)12(15)7-9/h3,5-7H,4,8H2,1-2H3/b10-3-. The lowest BCUT2D eigenvalue weighted by Gasteiger charge is -2.04. The quantitative estimate of drug-likeness (QED) is 0.716. The smallest absolute Gasteiger partial charge is 0.162 e. The summed E-state index contributed by atoms with van der Waals surface area (Å²) in [5, 5.41) is 0. The van der Waals surface area contributed by atoms with Crippen LogP contribution in [0, 0.1) is 11.6 Å². The summed E-state index contributed by atoms with van der Waals surface area (Å²) in [4.78, 5) is 11.7. The molecule has 0 amide bonds. The lowest BCUT2D eigenvalue weighted by molar-refractivity contribution is -0.115. The SMILES string of the molecule is C/C=C(/CC)C(=O)Cc1ccc(F)c(F)c1. The molecule has 0 saturated carbocycles. The van der Waals surface area contributed by atoms with E-state index in [1.54, 1.807) is 13.0 Å². The highest BCUT2D eigenvalue weighted by molar-refractivity contribution is 5.96. The number of rotatable bonds is 4. The molecule has 0 fully saturated rings. The van der Waals surface area contributed by atoms with Gasteiger partial charge in [0.25, 0.3) is 0 Å². The average Bonchev–Trinajstić information content (AvgIpc) is 2.25. The molecule has 0 radical (unpaired) electrons. The normalized spacial score (nSPS) is 11.6. The number of carbonyl (C=O) groups excluding carboxylic acids is 1. The summed E-state index contributed by atoms with van der Waals surface area (Å²) in [7, 11) is 0. The Morgan fingerprint density at radius 1 is 1.31 bits per heavy atom. The Bertz CT molecular complexity index is 422. The molecule has 0 aliphatic carbocycles. The minimum atomic E-state index is -0.913. The number of Topliss-reactive ketones (excluding diaryl/α,β-unsaturated/α-hetero) is 1. The minimum absolute atomic E-state index is 0.0454. The van der Waals surface area contributed by atoms with Crippen molar-refractivity contribution in [2.24, 2.45) is 0 Å². The second-order valence-corrected chi connectivity index (χ2v) is 3.52. The van der Waals surface area contributed by atoms with Crippen LogP contribution in [0.2, 0.25) is 0 Å². The number of hydrogen-bond donors (Lipinski definition) is 0. The molecule has 1 aromatic rings. The maximum Gasteiger partial charge on any atom is 0.162 e. The van der Waals surface area contributed by atoms with Gasteiger partial charge in [0, 0.05) is 6.42 Å². The van der Waals surface area contributed by atoms with Crippen LogP contribution in [0.5, 0.6) is 0 Å². The van der Waals surface area contributed by atoms with Crippen LogP contribution in [-0.4, -0.2) is 5.78 Å². The zero-order valence-electron chi connectivity index (χ0n) is 9.39.